The number of halogens is 3. The number of aromatic nitrogens is 1. The molecule has 0 radical (unpaired) electrons. The number of fused-ring (bicyclic) bond motifs is 1. The molecule has 0 atom stereocenters. The Bertz CT molecular complexity index is 1150. The lowest BCUT2D eigenvalue weighted by molar-refractivity contribution is 0.0746. The summed E-state index contributed by atoms with van der Waals surface area (Å²) in [4.78, 5) is 20.5. The van der Waals surface area contributed by atoms with Crippen LogP contribution in [0.5, 0.6) is 0 Å². The minimum atomic E-state index is -1.05. The number of piperazine rings is 1. The molecule has 0 unspecified atom stereocenters. The van der Waals surface area contributed by atoms with E-state index in [-0.39, 0.29) is 11.5 Å². The highest BCUT2D eigenvalue weighted by molar-refractivity contribution is 6.31. The van der Waals surface area contributed by atoms with E-state index in [1.165, 1.54) is 12.3 Å². The third-order valence-electron chi connectivity index (χ3n) is 4.97. The number of anilines is 1. The molecule has 146 valence electrons. The molecule has 1 amide bonds. The van der Waals surface area contributed by atoms with Gasteiger partial charge in [0.15, 0.2) is 11.6 Å². The number of hydrogen-bond donors (Lipinski definition) is 0. The number of carbonyl (C=O) groups is 1. The lowest BCUT2D eigenvalue weighted by atomic mass is 10.1. The molecule has 1 saturated heterocycles. The summed E-state index contributed by atoms with van der Waals surface area (Å²) < 4.78 is 26.6. The van der Waals surface area contributed by atoms with Crippen LogP contribution in [0.25, 0.3) is 10.9 Å². The fourth-order valence-corrected chi connectivity index (χ4v) is 3.69. The molecule has 0 spiro atoms. The van der Waals surface area contributed by atoms with Gasteiger partial charge in [0.25, 0.3) is 5.91 Å². The smallest absolute Gasteiger partial charge is 0.254 e. The van der Waals surface area contributed by atoms with Crippen molar-refractivity contribution in [2.24, 2.45) is 0 Å². The van der Waals surface area contributed by atoms with Crippen LogP contribution >= 0.6 is 11.6 Å². The molecular formula is C21H15ClF2N4O. The van der Waals surface area contributed by atoms with Gasteiger partial charge in [0, 0.05) is 48.3 Å². The van der Waals surface area contributed by atoms with Crippen molar-refractivity contribution in [1.29, 1.82) is 5.26 Å². The average molecular weight is 413 g/mol. The van der Waals surface area contributed by atoms with Crippen molar-refractivity contribution in [3.05, 3.63) is 70.4 Å². The van der Waals surface area contributed by atoms with Gasteiger partial charge in [-0.05, 0) is 36.4 Å². The Labute approximate surface area is 170 Å². The number of nitriles is 1. The van der Waals surface area contributed by atoms with Crippen LogP contribution in [-0.2, 0) is 0 Å². The molecule has 4 rings (SSSR count). The number of rotatable bonds is 2. The largest absolute Gasteiger partial charge is 0.366 e. The first-order valence-corrected chi connectivity index (χ1v) is 9.33. The van der Waals surface area contributed by atoms with E-state index in [1.807, 2.05) is 4.90 Å². The molecular weight excluding hydrogens is 398 g/mol. The van der Waals surface area contributed by atoms with Crippen LogP contribution in [-0.4, -0.2) is 42.0 Å². The highest BCUT2D eigenvalue weighted by Crippen LogP contribution is 2.32. The van der Waals surface area contributed by atoms with E-state index in [0.29, 0.717) is 36.8 Å². The quantitative estimate of drug-likeness (QED) is 0.638. The monoisotopic (exact) mass is 412 g/mol. The van der Waals surface area contributed by atoms with Gasteiger partial charge in [-0.2, -0.15) is 5.26 Å². The standard InChI is InChI=1S/C21H15ClF2N4O/c22-15-2-4-19-16(10-15)20(14(11-25)12-26-19)27-5-7-28(8-6-27)21(29)13-1-3-17(23)18(24)9-13/h1-4,9-10,12H,5-8H2. The Hall–Kier alpha value is -3.24. The van der Waals surface area contributed by atoms with E-state index in [9.17, 15) is 18.8 Å². The summed E-state index contributed by atoms with van der Waals surface area (Å²) in [7, 11) is 0. The Kier molecular flexibility index (Phi) is 5.03. The molecule has 2 aromatic carbocycles. The first-order chi connectivity index (χ1) is 14.0. The summed E-state index contributed by atoms with van der Waals surface area (Å²) in [6.07, 6.45) is 1.53. The Balaban J connectivity index is 1.58. The second kappa shape index (κ2) is 7.64. The molecule has 1 aliphatic heterocycles. The molecule has 0 aliphatic carbocycles. The Morgan fingerprint density at radius 3 is 2.52 bits per heavy atom. The van der Waals surface area contributed by atoms with Crippen molar-refractivity contribution >= 4 is 34.1 Å². The van der Waals surface area contributed by atoms with E-state index >= 15 is 0 Å². The van der Waals surface area contributed by atoms with E-state index in [0.717, 1.165) is 28.7 Å². The number of amides is 1. The van der Waals surface area contributed by atoms with Crippen LogP contribution in [0.2, 0.25) is 5.02 Å². The van der Waals surface area contributed by atoms with E-state index in [4.69, 9.17) is 11.6 Å². The second-order valence-corrected chi connectivity index (χ2v) is 7.14. The third-order valence-corrected chi connectivity index (χ3v) is 5.21. The number of pyridine rings is 1. The second-order valence-electron chi connectivity index (χ2n) is 6.70. The normalized spacial score (nSPS) is 14.1. The lowest BCUT2D eigenvalue weighted by Crippen LogP contribution is -2.49. The van der Waals surface area contributed by atoms with Gasteiger partial charge >= 0.3 is 0 Å². The van der Waals surface area contributed by atoms with Crippen molar-refractivity contribution in [2.45, 2.75) is 0 Å². The maximum atomic E-state index is 13.5. The number of benzene rings is 2. The maximum absolute atomic E-state index is 13.5. The van der Waals surface area contributed by atoms with Gasteiger partial charge in [0.05, 0.1) is 16.8 Å². The zero-order chi connectivity index (χ0) is 20.5. The molecule has 8 heteroatoms. The molecule has 5 nitrogen and oxygen atoms in total. The van der Waals surface area contributed by atoms with Crippen molar-refractivity contribution in [2.75, 3.05) is 31.1 Å². The summed E-state index contributed by atoms with van der Waals surface area (Å²) in [6.45, 7) is 1.73. The summed E-state index contributed by atoms with van der Waals surface area (Å²) in [5, 5.41) is 10.9. The van der Waals surface area contributed by atoms with E-state index in [2.05, 4.69) is 11.1 Å². The summed E-state index contributed by atoms with van der Waals surface area (Å²) in [5.41, 5.74) is 2.00. The van der Waals surface area contributed by atoms with Crippen LogP contribution < -0.4 is 4.90 Å². The first-order valence-electron chi connectivity index (χ1n) is 8.95. The van der Waals surface area contributed by atoms with Crippen LogP contribution in [0.1, 0.15) is 15.9 Å². The number of nitrogens with zero attached hydrogens (tertiary/aromatic N) is 4. The predicted molar refractivity (Wildman–Crippen MR) is 106 cm³/mol. The molecule has 29 heavy (non-hydrogen) atoms. The topological polar surface area (TPSA) is 60.2 Å². The number of hydrogen-bond acceptors (Lipinski definition) is 4. The van der Waals surface area contributed by atoms with Crippen LogP contribution in [0.15, 0.2) is 42.6 Å². The molecule has 1 fully saturated rings. The highest BCUT2D eigenvalue weighted by Gasteiger charge is 2.25. The highest BCUT2D eigenvalue weighted by atomic mass is 35.5. The molecule has 3 aromatic rings. The van der Waals surface area contributed by atoms with Crippen LogP contribution in [0.3, 0.4) is 0 Å². The van der Waals surface area contributed by atoms with Gasteiger partial charge in [0.1, 0.15) is 6.07 Å². The minimum Gasteiger partial charge on any atom is -0.366 e. The van der Waals surface area contributed by atoms with Gasteiger partial charge in [-0.3, -0.25) is 9.78 Å². The Morgan fingerprint density at radius 2 is 1.83 bits per heavy atom. The van der Waals surface area contributed by atoms with Gasteiger partial charge in [-0.15, -0.1) is 0 Å². The predicted octanol–water partition coefficient (Wildman–Crippen LogP) is 4.00. The first kappa shape index (κ1) is 19.1. The van der Waals surface area contributed by atoms with Crippen molar-refractivity contribution < 1.29 is 13.6 Å². The fourth-order valence-electron chi connectivity index (χ4n) is 3.52. The minimum absolute atomic E-state index is 0.108. The summed E-state index contributed by atoms with van der Waals surface area (Å²) in [5.74, 6) is -2.39. The molecule has 0 saturated carbocycles. The summed E-state index contributed by atoms with van der Waals surface area (Å²) in [6, 6.07) is 10.6. The SMILES string of the molecule is N#Cc1cnc2ccc(Cl)cc2c1N1CCN(C(=O)c2ccc(F)c(F)c2)CC1. The fraction of sp³-hybridized carbons (Fsp3) is 0.190. The zero-order valence-corrected chi connectivity index (χ0v) is 16.0. The number of carbonyl (C=O) groups excluding carboxylic acids is 1. The molecule has 2 heterocycles. The van der Waals surface area contributed by atoms with Crippen molar-refractivity contribution in [3.8, 4) is 6.07 Å². The average Bonchev–Trinajstić information content (AvgIpc) is 2.74. The maximum Gasteiger partial charge on any atom is 0.254 e. The van der Waals surface area contributed by atoms with Crippen LogP contribution in [0, 0.1) is 23.0 Å². The van der Waals surface area contributed by atoms with Crippen molar-refractivity contribution in [3.63, 3.8) is 0 Å². The van der Waals surface area contributed by atoms with Gasteiger partial charge in [0.2, 0.25) is 0 Å². The lowest BCUT2D eigenvalue weighted by Gasteiger charge is -2.37. The molecule has 0 N–H and O–H groups in total. The van der Waals surface area contributed by atoms with Gasteiger partial charge in [-0.25, -0.2) is 8.78 Å². The van der Waals surface area contributed by atoms with E-state index in [1.54, 1.807) is 23.1 Å². The molecule has 0 bridgehead atoms. The zero-order valence-electron chi connectivity index (χ0n) is 15.2. The molecule has 1 aromatic heterocycles. The van der Waals surface area contributed by atoms with Crippen LogP contribution in [0.4, 0.5) is 14.5 Å². The van der Waals surface area contributed by atoms with E-state index < -0.39 is 11.6 Å². The summed E-state index contributed by atoms with van der Waals surface area (Å²) >= 11 is 6.14. The molecule has 1 aliphatic rings. The van der Waals surface area contributed by atoms with Crippen molar-refractivity contribution in [1.82, 2.24) is 9.88 Å². The van der Waals surface area contributed by atoms with Gasteiger partial charge in [-0.1, -0.05) is 11.6 Å². The Morgan fingerprint density at radius 1 is 1.07 bits per heavy atom. The van der Waals surface area contributed by atoms with Gasteiger partial charge < -0.3 is 9.80 Å². The third kappa shape index (κ3) is 3.59.